The van der Waals surface area contributed by atoms with Gasteiger partial charge in [0.1, 0.15) is 0 Å². The first-order chi connectivity index (χ1) is 39.0. The Morgan fingerprint density at radius 2 is 0.434 bits per heavy atom. The summed E-state index contributed by atoms with van der Waals surface area (Å²) in [5.74, 6) is -52.5. The van der Waals surface area contributed by atoms with Crippen molar-refractivity contribution < 1.29 is 93.3 Å². The molecule has 0 unspecified atom stereocenters. The molecule has 0 radical (unpaired) electrons. The van der Waals surface area contributed by atoms with E-state index in [0.29, 0.717) is 59.9 Å². The van der Waals surface area contributed by atoms with Crippen molar-refractivity contribution in [2.24, 2.45) is 0 Å². The van der Waals surface area contributed by atoms with Crippen LogP contribution in [0.1, 0.15) is 0 Å². The first-order valence-corrected chi connectivity index (χ1v) is 24.5. The number of fused-ring (bicyclic) bond motifs is 8. The zero-order valence-electron chi connectivity index (χ0n) is 40.1. The fraction of sp³-hybridized carbons (Fsp3) is 0. The van der Waals surface area contributed by atoms with Crippen molar-refractivity contribution in [3.63, 3.8) is 0 Å². The highest BCUT2D eigenvalue weighted by Gasteiger charge is 2.35. The quantitative estimate of drug-likeness (QED) is 0.0693. The number of aromatic nitrogens is 4. The summed E-state index contributed by atoms with van der Waals surface area (Å²) in [6.07, 6.45) is 0. The summed E-state index contributed by atoms with van der Waals surface area (Å²) >= 11 is 1.01. The molecule has 0 aliphatic carbocycles. The van der Waals surface area contributed by atoms with Crippen LogP contribution in [0.4, 0.5) is 87.8 Å². The van der Waals surface area contributed by atoms with E-state index in [1.165, 1.54) is 60.7 Å². The smallest absolute Gasteiger partial charge is 0.200 e. The van der Waals surface area contributed by atoms with Gasteiger partial charge in [-0.05, 0) is 60.7 Å². The highest BCUT2D eigenvalue weighted by atomic mass is 32.2. The van der Waals surface area contributed by atoms with Crippen LogP contribution in [-0.4, -0.2) is 25.4 Å². The fourth-order valence-corrected chi connectivity index (χ4v) is 11.1. The van der Waals surface area contributed by atoms with Gasteiger partial charge in [-0.3, -0.25) is 0 Å². The number of H-pyrrole nitrogens is 4. The summed E-state index contributed by atoms with van der Waals surface area (Å²) < 4.78 is 316. The van der Waals surface area contributed by atoms with Crippen molar-refractivity contribution in [1.29, 1.82) is 0 Å². The second-order valence-electron chi connectivity index (χ2n) is 17.5. The minimum atomic E-state index is -2.72. The summed E-state index contributed by atoms with van der Waals surface area (Å²) in [7, 11) is 0. The van der Waals surface area contributed by atoms with Crippen LogP contribution in [-0.2, 0) is 0 Å². The van der Waals surface area contributed by atoms with E-state index in [2.05, 4.69) is 19.9 Å². The molecule has 27 heteroatoms. The predicted octanol–water partition coefficient (Wildman–Crippen LogP) is 18.2. The van der Waals surface area contributed by atoms with Crippen LogP contribution in [0.15, 0.2) is 117 Å². The van der Waals surface area contributed by atoms with Crippen molar-refractivity contribution in [3.8, 4) is 44.5 Å². The van der Waals surface area contributed by atoms with E-state index in [9.17, 15) is 17.6 Å². The molecule has 0 saturated heterocycles. The summed E-state index contributed by atoms with van der Waals surface area (Å²) in [5.41, 5.74) is -17.7. The zero-order valence-corrected chi connectivity index (χ0v) is 41.7. The lowest BCUT2D eigenvalue weighted by Gasteiger charge is -2.11. The first kappa shape index (κ1) is 57.4. The number of rotatable bonds is 8. The Kier molecular flexibility index (Phi) is 14.9. The van der Waals surface area contributed by atoms with Crippen molar-refractivity contribution in [2.75, 3.05) is 0 Å². The summed E-state index contributed by atoms with van der Waals surface area (Å²) in [6.45, 7) is 0. The molecule has 0 atom stereocenters. The topological polar surface area (TPSA) is 94.7 Å². The van der Waals surface area contributed by atoms with E-state index < -0.39 is 215 Å². The molecule has 0 spiro atoms. The molecule has 11 aromatic rings. The standard InChI is InChI=1S/C56H20F20N4S2.H2O/c57-35-31(36(58)44(66)51(73)43(35)65)27-19-15-25(79-55(19)81-17-7-3-1-4-8-17)29(33-39(61)47(69)53(75)48(70)40(33)62)23-14-12-22(78-23)28(32-37(59)45(67)52(74)46(68)38(32)60)20-16-26(80-56(20)82-18-9-5-2-6-10-18)30(24-13-11-21(27)77-24)34-41(63)49(71)54(76)50(72)42(34)64;/h1-16,77-80H;1H2. The van der Waals surface area contributed by atoms with Crippen LogP contribution < -0.4 is 0 Å². The minimum Gasteiger partial charge on any atom is -0.412 e. The number of nitrogens with one attached hydrogen (secondary N) is 4. The van der Waals surface area contributed by atoms with Crippen molar-refractivity contribution in [1.82, 2.24) is 19.9 Å². The van der Waals surface area contributed by atoms with Crippen LogP contribution in [0.5, 0.6) is 0 Å². The maximum atomic E-state index is 16.6. The van der Waals surface area contributed by atoms with Crippen LogP contribution in [0.3, 0.4) is 0 Å². The van der Waals surface area contributed by atoms with Gasteiger partial charge < -0.3 is 25.4 Å². The zero-order chi connectivity index (χ0) is 58.7. The SMILES string of the molecule is Fc1c(F)c(F)c(-c2c3cc(c(Sc4ccccc4)[nH]3)c(-c3c(F)c(F)c(F)c(F)c3F)c3ccc([nH]3)c(-c3c(F)c(F)c(F)c(F)c3F)c3cc(c(Sc4ccccc4)[nH]3)c(-c3c(F)c(F)c(F)c(F)c3F)c3ccc2[nH]3)c(F)c1F.O. The Balaban J connectivity index is 0.00000769. The lowest BCUT2D eigenvalue weighted by molar-refractivity contribution is 0.381. The molecule has 424 valence electrons. The maximum Gasteiger partial charge on any atom is 0.200 e. The number of benzene rings is 6. The summed E-state index contributed by atoms with van der Waals surface area (Å²) in [5, 5.41) is -2.78. The van der Waals surface area contributed by atoms with Gasteiger partial charge in [0, 0.05) is 75.9 Å². The van der Waals surface area contributed by atoms with E-state index >= 15 is 70.2 Å². The van der Waals surface area contributed by atoms with Gasteiger partial charge in [-0.1, -0.05) is 59.9 Å². The molecule has 5 aromatic heterocycles. The molecule has 0 aliphatic heterocycles. The second kappa shape index (κ2) is 21.5. The Morgan fingerprint density at radius 3 is 0.687 bits per heavy atom. The van der Waals surface area contributed by atoms with Gasteiger partial charge in [-0.25, -0.2) is 87.8 Å². The second-order valence-corrected chi connectivity index (χ2v) is 19.7. The fourth-order valence-electron chi connectivity index (χ4n) is 9.21. The minimum absolute atomic E-state index is 0. The lowest BCUT2D eigenvalue weighted by Crippen LogP contribution is -2.05. The molecule has 8 bridgehead atoms. The monoisotopic (exact) mass is 1210 g/mol. The van der Waals surface area contributed by atoms with Crippen LogP contribution in [0.25, 0.3) is 88.4 Å². The van der Waals surface area contributed by atoms with Gasteiger partial charge in [-0.15, -0.1) is 0 Å². The Bertz CT molecular complexity index is 4250. The first-order valence-electron chi connectivity index (χ1n) is 22.9. The number of hydrogen-bond acceptors (Lipinski definition) is 2. The van der Waals surface area contributed by atoms with E-state index in [1.54, 1.807) is 0 Å². The Morgan fingerprint density at radius 1 is 0.217 bits per heavy atom. The maximum absolute atomic E-state index is 16.6. The molecule has 0 amide bonds. The van der Waals surface area contributed by atoms with Gasteiger partial charge in [0.15, 0.2) is 93.1 Å². The van der Waals surface area contributed by atoms with Gasteiger partial charge in [0.2, 0.25) is 23.3 Å². The molecule has 0 fully saturated rings. The lowest BCUT2D eigenvalue weighted by atomic mass is 10.00. The third-order valence-corrected chi connectivity index (χ3v) is 14.9. The van der Waals surface area contributed by atoms with E-state index in [4.69, 9.17) is 0 Å². The third-order valence-electron chi connectivity index (χ3n) is 12.9. The van der Waals surface area contributed by atoms with Gasteiger partial charge >= 0.3 is 0 Å². The van der Waals surface area contributed by atoms with Gasteiger partial charge in [-0.2, -0.15) is 0 Å². The molecule has 0 saturated carbocycles. The molecule has 0 aliphatic rings. The molecule has 6 N–H and O–H groups in total. The van der Waals surface area contributed by atoms with Crippen molar-refractivity contribution in [2.45, 2.75) is 19.8 Å². The normalized spacial score (nSPS) is 11.6. The number of aromatic amines is 4. The molecule has 5 heterocycles. The Labute approximate surface area is 456 Å². The average molecular weight is 1210 g/mol. The van der Waals surface area contributed by atoms with Gasteiger partial charge in [0.25, 0.3) is 0 Å². The van der Waals surface area contributed by atoms with E-state index in [-0.39, 0.29) is 15.3 Å². The Hall–Kier alpha value is -8.82. The molecule has 5 nitrogen and oxygen atoms in total. The number of halogens is 20. The molecular formula is C56H22F20N4OS2. The van der Waals surface area contributed by atoms with Crippen LogP contribution in [0, 0.1) is 116 Å². The molecular weight excluding hydrogens is 1190 g/mol. The summed E-state index contributed by atoms with van der Waals surface area (Å²) in [6, 6.07) is 18.1. The van der Waals surface area contributed by atoms with Crippen LogP contribution in [0.2, 0.25) is 0 Å². The van der Waals surface area contributed by atoms with E-state index in [0.717, 1.165) is 0 Å². The van der Waals surface area contributed by atoms with E-state index in [1.807, 2.05) is 0 Å². The predicted molar refractivity (Wildman–Crippen MR) is 266 cm³/mol. The third kappa shape index (κ3) is 9.16. The van der Waals surface area contributed by atoms with Gasteiger partial charge in [0.05, 0.1) is 32.3 Å². The molecule has 83 heavy (non-hydrogen) atoms. The highest BCUT2D eigenvalue weighted by molar-refractivity contribution is 7.99. The van der Waals surface area contributed by atoms with Crippen LogP contribution >= 0.6 is 23.5 Å². The van der Waals surface area contributed by atoms with Crippen molar-refractivity contribution in [3.05, 3.63) is 213 Å². The molecule has 11 rings (SSSR count). The average Bonchev–Trinajstić information content (AvgIpc) is 3.24. The largest absolute Gasteiger partial charge is 0.412 e. The highest BCUT2D eigenvalue weighted by Crippen LogP contribution is 2.48. The number of hydrogen-bond donors (Lipinski definition) is 4. The summed E-state index contributed by atoms with van der Waals surface area (Å²) in [4.78, 5) is 10.2. The van der Waals surface area contributed by atoms with Crippen molar-refractivity contribution >= 4 is 67.4 Å². The molecule has 6 aromatic carbocycles.